The maximum absolute atomic E-state index is 13.7. The number of ether oxygens (including phenoxy) is 1. The third-order valence-electron chi connectivity index (χ3n) is 9.15. The van der Waals surface area contributed by atoms with Crippen LogP contribution in [0.15, 0.2) is 97.0 Å². The van der Waals surface area contributed by atoms with Gasteiger partial charge in [0.05, 0.1) is 11.5 Å². The van der Waals surface area contributed by atoms with E-state index in [1.165, 1.54) is 37.0 Å². The standard InChI is InChI=1S/C43H51N5O5S/c1-5-6-7-8-9-23-53-34-18-16-31(17-19-34)33-27-45-39(46-28-33)32-14-12-29(13-15-32)24-35(47-41(50)37-20-21-38(54-37)43(2,3)4)40(49)48-36(42(51)52)25-30-11-10-22-44-26-30/h10-22,27-28,35-36,44H,5-9,23-26H2,1-4H3,(H,47,50)(H,48,49)(H,51,52)/t35-,36-/m0/s1. The molecule has 284 valence electrons. The Balaban J connectivity index is 1.25. The molecular weight excluding hydrogens is 699 g/mol. The summed E-state index contributed by atoms with van der Waals surface area (Å²) in [5, 5.41) is 18.6. The summed E-state index contributed by atoms with van der Waals surface area (Å²) in [6, 6.07) is 16.9. The van der Waals surface area contributed by atoms with Crippen molar-refractivity contribution >= 4 is 29.1 Å². The molecule has 0 radical (unpaired) electrons. The van der Waals surface area contributed by atoms with E-state index in [-0.39, 0.29) is 18.3 Å². The van der Waals surface area contributed by atoms with Crippen LogP contribution in [0.25, 0.3) is 22.5 Å². The fourth-order valence-corrected chi connectivity index (χ4v) is 6.94. The van der Waals surface area contributed by atoms with Crippen molar-refractivity contribution in [1.29, 1.82) is 0 Å². The van der Waals surface area contributed by atoms with Crippen LogP contribution in [0.5, 0.6) is 5.75 Å². The zero-order valence-corrected chi connectivity index (χ0v) is 32.4. The van der Waals surface area contributed by atoms with E-state index >= 15 is 0 Å². The molecular formula is C43H51N5O5S. The topological polar surface area (TPSA) is 143 Å². The Morgan fingerprint density at radius 1 is 0.852 bits per heavy atom. The third kappa shape index (κ3) is 11.6. The van der Waals surface area contributed by atoms with Gasteiger partial charge in [-0.25, -0.2) is 14.8 Å². The van der Waals surface area contributed by atoms with Gasteiger partial charge in [0, 0.05) is 47.8 Å². The summed E-state index contributed by atoms with van der Waals surface area (Å²) >= 11 is 1.38. The van der Waals surface area contributed by atoms with Crippen LogP contribution in [0.3, 0.4) is 0 Å². The van der Waals surface area contributed by atoms with E-state index in [4.69, 9.17) is 4.74 Å². The van der Waals surface area contributed by atoms with Crippen molar-refractivity contribution in [3.05, 3.63) is 112 Å². The molecule has 0 bridgehead atoms. The van der Waals surface area contributed by atoms with Crippen molar-refractivity contribution in [3.8, 4) is 28.3 Å². The smallest absolute Gasteiger partial charge is 0.326 e. The van der Waals surface area contributed by atoms with E-state index < -0.39 is 29.9 Å². The molecule has 4 N–H and O–H groups in total. The van der Waals surface area contributed by atoms with Crippen molar-refractivity contribution in [3.63, 3.8) is 0 Å². The molecule has 10 nitrogen and oxygen atoms in total. The van der Waals surface area contributed by atoms with E-state index in [2.05, 4.69) is 53.6 Å². The number of aromatic nitrogens is 2. The van der Waals surface area contributed by atoms with Crippen molar-refractivity contribution in [2.75, 3.05) is 13.2 Å². The number of allylic oxidation sites excluding steroid dienone is 2. The predicted octanol–water partition coefficient (Wildman–Crippen LogP) is 7.86. The SMILES string of the molecule is CCCCCCCOc1ccc(-c2cnc(-c3ccc(C[C@H](NC(=O)c4ccc(C(C)(C)C)s4)C(=O)N[C@@H](CC4=CC=CNC4)C(=O)O)cc3)nc2)cc1. The number of carbonyl (C=O) groups excluding carboxylic acids is 2. The van der Waals surface area contributed by atoms with Gasteiger partial charge in [0.15, 0.2) is 5.82 Å². The van der Waals surface area contributed by atoms with Crippen LogP contribution in [0.4, 0.5) is 0 Å². The molecule has 0 aliphatic carbocycles. The number of amides is 2. The van der Waals surface area contributed by atoms with Crippen molar-refractivity contribution in [1.82, 2.24) is 25.9 Å². The molecule has 2 aromatic carbocycles. The average Bonchev–Trinajstić information content (AvgIpc) is 3.69. The van der Waals surface area contributed by atoms with Gasteiger partial charge in [-0.2, -0.15) is 0 Å². The molecule has 1 aliphatic rings. The number of thiophene rings is 1. The van der Waals surface area contributed by atoms with Crippen molar-refractivity contribution in [2.45, 2.75) is 90.1 Å². The molecule has 2 atom stereocenters. The van der Waals surface area contributed by atoms with Crippen LogP contribution in [-0.4, -0.2) is 58.1 Å². The summed E-state index contributed by atoms with van der Waals surface area (Å²) in [5.74, 6) is -0.720. The molecule has 0 fully saturated rings. The minimum absolute atomic E-state index is 0.130. The normalized spacial score (nSPS) is 13.7. The van der Waals surface area contributed by atoms with Crippen LogP contribution in [-0.2, 0) is 21.4 Å². The van der Waals surface area contributed by atoms with E-state index in [0.717, 1.165) is 51.5 Å². The first-order valence-corrected chi connectivity index (χ1v) is 19.5. The van der Waals surface area contributed by atoms with Crippen LogP contribution in [0, 0.1) is 0 Å². The van der Waals surface area contributed by atoms with Gasteiger partial charge in [0.2, 0.25) is 5.91 Å². The van der Waals surface area contributed by atoms with Crippen LogP contribution in [0.1, 0.15) is 86.3 Å². The molecule has 0 unspecified atom stereocenters. The summed E-state index contributed by atoms with van der Waals surface area (Å²) in [7, 11) is 0. The molecule has 5 rings (SSSR count). The largest absolute Gasteiger partial charge is 0.494 e. The molecule has 4 aromatic rings. The van der Waals surface area contributed by atoms with Gasteiger partial charge >= 0.3 is 5.97 Å². The van der Waals surface area contributed by atoms with Crippen molar-refractivity contribution < 1.29 is 24.2 Å². The van der Waals surface area contributed by atoms with Gasteiger partial charge < -0.3 is 25.8 Å². The second-order valence-corrected chi connectivity index (χ2v) is 15.7. The third-order valence-corrected chi connectivity index (χ3v) is 10.7. The second-order valence-electron chi connectivity index (χ2n) is 14.6. The van der Waals surface area contributed by atoms with Crippen LogP contribution < -0.4 is 20.7 Å². The molecule has 54 heavy (non-hydrogen) atoms. The zero-order valence-electron chi connectivity index (χ0n) is 31.6. The van der Waals surface area contributed by atoms with Gasteiger partial charge in [-0.15, -0.1) is 11.3 Å². The lowest BCUT2D eigenvalue weighted by Gasteiger charge is -2.23. The number of carbonyl (C=O) groups is 3. The Bertz CT molecular complexity index is 1910. The molecule has 2 aromatic heterocycles. The number of carboxylic acids is 1. The predicted molar refractivity (Wildman–Crippen MR) is 215 cm³/mol. The molecule has 0 spiro atoms. The molecule has 0 saturated heterocycles. The molecule has 3 heterocycles. The summed E-state index contributed by atoms with van der Waals surface area (Å²) in [6.45, 7) is 9.64. The number of rotatable bonds is 18. The van der Waals surface area contributed by atoms with E-state index in [1.807, 2.05) is 60.7 Å². The Labute approximate surface area is 322 Å². The summed E-state index contributed by atoms with van der Waals surface area (Å²) < 4.78 is 5.90. The lowest BCUT2D eigenvalue weighted by atomic mass is 9.95. The lowest BCUT2D eigenvalue weighted by molar-refractivity contribution is -0.142. The number of nitrogens with zero attached hydrogens (tertiary/aromatic N) is 2. The first-order valence-electron chi connectivity index (χ1n) is 18.7. The lowest BCUT2D eigenvalue weighted by Crippen LogP contribution is -2.52. The number of hydrogen-bond acceptors (Lipinski definition) is 8. The zero-order chi connectivity index (χ0) is 38.5. The van der Waals surface area contributed by atoms with Gasteiger partial charge in [0.25, 0.3) is 5.91 Å². The van der Waals surface area contributed by atoms with Crippen molar-refractivity contribution in [2.24, 2.45) is 0 Å². The monoisotopic (exact) mass is 749 g/mol. The Morgan fingerprint density at radius 3 is 2.19 bits per heavy atom. The fraction of sp³-hybridized carbons (Fsp3) is 0.372. The van der Waals surface area contributed by atoms with Gasteiger partial charge in [0.1, 0.15) is 17.8 Å². The number of aliphatic carboxylic acids is 1. The molecule has 0 saturated carbocycles. The first kappa shape index (κ1) is 39.9. The first-order chi connectivity index (χ1) is 26.0. The summed E-state index contributed by atoms with van der Waals surface area (Å²) in [6.07, 6.45) is 15.3. The quantitative estimate of drug-likeness (QED) is 0.0754. The maximum Gasteiger partial charge on any atom is 0.326 e. The highest BCUT2D eigenvalue weighted by Gasteiger charge is 2.29. The number of nitrogens with one attached hydrogen (secondary N) is 3. The Kier molecular flexibility index (Phi) is 14.2. The summed E-state index contributed by atoms with van der Waals surface area (Å²) in [4.78, 5) is 50.1. The minimum Gasteiger partial charge on any atom is -0.494 e. The van der Waals surface area contributed by atoms with Gasteiger partial charge in [-0.05, 0) is 65.1 Å². The number of benzene rings is 2. The van der Waals surface area contributed by atoms with Gasteiger partial charge in [-0.1, -0.05) is 95.9 Å². The molecule has 2 amide bonds. The minimum atomic E-state index is -1.16. The highest BCUT2D eigenvalue weighted by Crippen LogP contribution is 2.30. The summed E-state index contributed by atoms with van der Waals surface area (Å²) in [5.41, 5.74) is 4.16. The van der Waals surface area contributed by atoms with Crippen LogP contribution >= 0.6 is 11.3 Å². The average molecular weight is 750 g/mol. The Hall–Kier alpha value is -5.29. The highest BCUT2D eigenvalue weighted by atomic mass is 32.1. The van der Waals surface area contributed by atoms with Crippen LogP contribution in [0.2, 0.25) is 0 Å². The number of unbranched alkanes of at least 4 members (excludes halogenated alkanes) is 4. The van der Waals surface area contributed by atoms with E-state index in [0.29, 0.717) is 17.2 Å². The van der Waals surface area contributed by atoms with E-state index in [9.17, 15) is 19.5 Å². The highest BCUT2D eigenvalue weighted by molar-refractivity contribution is 7.14. The molecule has 1 aliphatic heterocycles. The fourth-order valence-electron chi connectivity index (χ4n) is 5.97. The maximum atomic E-state index is 13.7. The van der Waals surface area contributed by atoms with Gasteiger partial charge in [-0.3, -0.25) is 9.59 Å². The number of carboxylic acid groups (broad SMARTS) is 1. The number of hydrogen-bond donors (Lipinski definition) is 4. The Morgan fingerprint density at radius 2 is 1.56 bits per heavy atom. The van der Waals surface area contributed by atoms with E-state index in [1.54, 1.807) is 30.7 Å². The number of dihydropyridines is 1. The molecule has 11 heteroatoms. The second kappa shape index (κ2) is 19.2.